The second kappa shape index (κ2) is 13.8. The summed E-state index contributed by atoms with van der Waals surface area (Å²) in [5, 5.41) is 14.7. The van der Waals surface area contributed by atoms with Gasteiger partial charge in [-0.1, -0.05) is 53.5 Å². The summed E-state index contributed by atoms with van der Waals surface area (Å²) in [7, 11) is 3.15. The van der Waals surface area contributed by atoms with Gasteiger partial charge in [0.1, 0.15) is 23.3 Å². The van der Waals surface area contributed by atoms with Gasteiger partial charge in [0.05, 0.1) is 59.5 Å². The Labute approximate surface area is 272 Å². The highest BCUT2D eigenvalue weighted by molar-refractivity contribution is 6.37. The molecule has 8 nitrogen and oxygen atoms in total. The molecule has 6 rings (SSSR count). The number of hydrogen-bond acceptors (Lipinski definition) is 8. The van der Waals surface area contributed by atoms with Gasteiger partial charge in [0.25, 0.3) is 0 Å². The Hall–Kier alpha value is -4.26. The third kappa shape index (κ3) is 6.87. The van der Waals surface area contributed by atoms with Gasteiger partial charge >= 0.3 is 0 Å². The van der Waals surface area contributed by atoms with Gasteiger partial charge in [0.15, 0.2) is 0 Å². The summed E-state index contributed by atoms with van der Waals surface area (Å²) in [5.74, 6) is 1.98. The number of nitriles is 1. The molecule has 1 aliphatic rings. The van der Waals surface area contributed by atoms with Crippen molar-refractivity contribution in [3.63, 3.8) is 0 Å². The fraction of sp³-hybridized carbons (Fsp3) is 0.257. The Kier molecular flexibility index (Phi) is 9.43. The summed E-state index contributed by atoms with van der Waals surface area (Å²) < 4.78 is 17.2. The van der Waals surface area contributed by atoms with E-state index in [4.69, 9.17) is 37.1 Å². The number of ether oxygens (including phenoxy) is 2. The number of methoxy groups -OCH3 is 2. The van der Waals surface area contributed by atoms with E-state index in [1.807, 2.05) is 12.1 Å². The maximum atomic E-state index is 9.90. The molecule has 0 spiro atoms. The van der Waals surface area contributed by atoms with E-state index in [0.29, 0.717) is 49.4 Å². The number of rotatable bonds is 10. The number of nitrogens with one attached hydrogen (secondary N) is 1. The summed E-state index contributed by atoms with van der Waals surface area (Å²) in [6.07, 6.45) is 4.38. The molecule has 1 saturated heterocycles. The first-order valence-electron chi connectivity index (χ1n) is 14.7. The molecule has 0 amide bonds. The quantitative estimate of drug-likeness (QED) is 0.165. The molecule has 0 bridgehead atoms. The molecule has 0 aliphatic carbocycles. The number of aromatic nitrogens is 1. The maximum absolute atomic E-state index is 9.90. The van der Waals surface area contributed by atoms with Crippen molar-refractivity contribution in [3.8, 4) is 28.7 Å². The topological polar surface area (TPSA) is 86.8 Å². The zero-order valence-electron chi connectivity index (χ0n) is 25.1. The molecule has 1 N–H and O–H groups in total. The van der Waals surface area contributed by atoms with Crippen LogP contribution in [0, 0.1) is 11.3 Å². The predicted octanol–water partition coefficient (Wildman–Crippen LogP) is 7.79. The first kappa shape index (κ1) is 30.8. The summed E-state index contributed by atoms with van der Waals surface area (Å²) in [6, 6.07) is 22.1. The summed E-state index contributed by atoms with van der Waals surface area (Å²) in [6.45, 7) is 5.89. The minimum absolute atomic E-state index is 0.355. The van der Waals surface area contributed by atoms with Gasteiger partial charge in [-0.05, 0) is 36.2 Å². The fourth-order valence-electron chi connectivity index (χ4n) is 5.68. The number of nitrogens with zero attached hydrogens (tertiary/aromatic N) is 4. The second-order valence-electron chi connectivity index (χ2n) is 11.0. The lowest BCUT2D eigenvalue weighted by Gasteiger charge is -2.34. The number of halogens is 2. The Morgan fingerprint density at radius 2 is 1.69 bits per heavy atom. The van der Waals surface area contributed by atoms with Crippen molar-refractivity contribution in [2.45, 2.75) is 13.0 Å². The van der Waals surface area contributed by atoms with E-state index in [-0.39, 0.29) is 0 Å². The van der Waals surface area contributed by atoms with Crippen molar-refractivity contribution in [2.24, 2.45) is 0 Å². The molecule has 1 aliphatic heterocycles. The fourth-order valence-corrected chi connectivity index (χ4v) is 6.18. The van der Waals surface area contributed by atoms with Crippen molar-refractivity contribution in [1.29, 1.82) is 5.26 Å². The van der Waals surface area contributed by atoms with E-state index in [9.17, 15) is 5.26 Å². The monoisotopic (exact) mass is 641 g/mol. The van der Waals surface area contributed by atoms with Crippen molar-refractivity contribution in [3.05, 3.63) is 100 Å². The van der Waals surface area contributed by atoms with Crippen molar-refractivity contribution >= 4 is 45.5 Å². The molecule has 230 valence electrons. The molecule has 5 aromatic rings. The van der Waals surface area contributed by atoms with Crippen LogP contribution in [0.15, 0.2) is 77.5 Å². The molecule has 45 heavy (non-hydrogen) atoms. The summed E-state index contributed by atoms with van der Waals surface area (Å²) in [5.41, 5.74) is 5.26. The van der Waals surface area contributed by atoms with Crippen LogP contribution in [0.3, 0.4) is 0 Å². The molecule has 1 fully saturated rings. The van der Waals surface area contributed by atoms with E-state index >= 15 is 0 Å². The lowest BCUT2D eigenvalue weighted by atomic mass is 10.0. The minimum Gasteiger partial charge on any atom is -0.496 e. The molecular weight excluding hydrogens is 609 g/mol. The Balaban J connectivity index is 1.19. The van der Waals surface area contributed by atoms with Gasteiger partial charge in [-0.2, -0.15) is 5.26 Å². The lowest BCUT2D eigenvalue weighted by Crippen LogP contribution is -2.46. The van der Waals surface area contributed by atoms with Crippen LogP contribution < -0.4 is 14.8 Å². The first-order valence-corrected chi connectivity index (χ1v) is 15.5. The molecule has 10 heteroatoms. The van der Waals surface area contributed by atoms with Crippen molar-refractivity contribution < 1.29 is 13.9 Å². The normalized spacial score (nSPS) is 13.9. The number of furan rings is 1. The highest BCUT2D eigenvalue weighted by Crippen LogP contribution is 2.41. The maximum Gasteiger partial charge on any atom is 0.139 e. The van der Waals surface area contributed by atoms with Crippen LogP contribution in [0.2, 0.25) is 10.0 Å². The van der Waals surface area contributed by atoms with E-state index in [1.54, 1.807) is 31.7 Å². The standard InChI is InChI=1S/C35H33Cl2N5O3/c1-43-33-16-28-31(39-20-25(19-38)35(28)40-32-18-34(44-2)30(37)17-29(32)36)15-27(33)24-14-26(45-22-24)21-42-12-10-41(11-13-42)9-8-23-6-4-3-5-7-23/h3-7,14-18,20,22H,8-13,21H2,1-2H3,(H,39,40). The van der Waals surface area contributed by atoms with Crippen molar-refractivity contribution in [2.75, 3.05) is 52.3 Å². The Morgan fingerprint density at radius 3 is 2.42 bits per heavy atom. The number of pyridine rings is 1. The van der Waals surface area contributed by atoms with Crippen LogP contribution in [0.4, 0.5) is 11.4 Å². The van der Waals surface area contributed by atoms with Gasteiger partial charge < -0.3 is 24.1 Å². The van der Waals surface area contributed by atoms with Gasteiger partial charge in [0.2, 0.25) is 0 Å². The smallest absolute Gasteiger partial charge is 0.139 e. The Bertz CT molecular complexity index is 1850. The van der Waals surface area contributed by atoms with Crippen LogP contribution in [0.1, 0.15) is 16.9 Å². The van der Waals surface area contributed by atoms with Crippen LogP contribution in [-0.2, 0) is 13.0 Å². The lowest BCUT2D eigenvalue weighted by molar-refractivity contribution is 0.122. The number of fused-ring (bicyclic) bond motifs is 1. The second-order valence-corrected chi connectivity index (χ2v) is 11.8. The number of piperazine rings is 1. The van der Waals surface area contributed by atoms with E-state index in [2.05, 4.69) is 62.6 Å². The largest absolute Gasteiger partial charge is 0.496 e. The van der Waals surface area contributed by atoms with Crippen molar-refractivity contribution in [1.82, 2.24) is 14.8 Å². The molecule has 0 radical (unpaired) electrons. The average molecular weight is 643 g/mol. The minimum atomic E-state index is 0.355. The highest BCUT2D eigenvalue weighted by Gasteiger charge is 2.20. The zero-order chi connectivity index (χ0) is 31.3. The molecule has 0 unspecified atom stereocenters. The number of hydrogen-bond donors (Lipinski definition) is 1. The first-order chi connectivity index (χ1) is 21.9. The SMILES string of the molecule is COc1cc(Nc2c(C#N)cnc3cc(-c4coc(CN5CCN(CCc6ccccc6)CC5)c4)c(OC)cc23)c(Cl)cc1Cl. The molecule has 2 aromatic heterocycles. The van der Waals surface area contributed by atoms with E-state index < -0.39 is 0 Å². The zero-order valence-corrected chi connectivity index (χ0v) is 26.7. The van der Waals surface area contributed by atoms with Gasteiger partial charge in [0, 0.05) is 61.5 Å². The van der Waals surface area contributed by atoms with Gasteiger partial charge in [-0.25, -0.2) is 0 Å². The summed E-state index contributed by atoms with van der Waals surface area (Å²) in [4.78, 5) is 9.55. The number of anilines is 2. The molecular formula is C35H33Cl2N5O3. The Morgan fingerprint density at radius 1 is 0.933 bits per heavy atom. The van der Waals surface area contributed by atoms with Crippen LogP contribution in [-0.4, -0.2) is 61.7 Å². The molecule has 3 heterocycles. The third-order valence-corrected chi connectivity index (χ3v) is 8.79. The average Bonchev–Trinajstić information content (AvgIpc) is 3.53. The van der Waals surface area contributed by atoms with E-state index in [1.165, 1.54) is 12.7 Å². The molecule has 0 atom stereocenters. The van der Waals surface area contributed by atoms with Gasteiger partial charge in [-0.3, -0.25) is 9.88 Å². The summed E-state index contributed by atoms with van der Waals surface area (Å²) >= 11 is 12.7. The van der Waals surface area contributed by atoms with Crippen LogP contribution in [0.5, 0.6) is 11.5 Å². The molecule has 3 aromatic carbocycles. The molecule has 0 saturated carbocycles. The van der Waals surface area contributed by atoms with E-state index in [0.717, 1.165) is 62.6 Å². The highest BCUT2D eigenvalue weighted by atomic mass is 35.5. The van der Waals surface area contributed by atoms with Gasteiger partial charge in [-0.15, -0.1) is 0 Å². The predicted molar refractivity (Wildman–Crippen MR) is 179 cm³/mol. The third-order valence-electron chi connectivity index (χ3n) is 8.18. The number of benzene rings is 3. The van der Waals surface area contributed by atoms with Crippen LogP contribution in [0.25, 0.3) is 22.0 Å². The van der Waals surface area contributed by atoms with Crippen LogP contribution >= 0.6 is 23.2 Å².